The normalized spacial score (nSPS) is 42.0. The van der Waals surface area contributed by atoms with Crippen LogP contribution in [0.1, 0.15) is 25.7 Å². The lowest BCUT2D eigenvalue weighted by Crippen LogP contribution is -2.44. The van der Waals surface area contributed by atoms with Crippen molar-refractivity contribution in [3.63, 3.8) is 0 Å². The van der Waals surface area contributed by atoms with Gasteiger partial charge in [-0.15, -0.1) is 0 Å². The minimum atomic E-state index is -0.181. The van der Waals surface area contributed by atoms with E-state index in [1.54, 1.807) is 0 Å². The smallest absolute Gasteiger partial charge is 0.102 e. The minimum Gasteiger partial charge on any atom is -0.295 e. The fourth-order valence-electron chi connectivity index (χ4n) is 2.67. The Morgan fingerprint density at radius 3 is 2.33 bits per heavy atom. The van der Waals surface area contributed by atoms with Crippen LogP contribution < -0.4 is 0 Å². The summed E-state index contributed by atoms with van der Waals surface area (Å²) in [6.07, 6.45) is 5.01. The van der Waals surface area contributed by atoms with Crippen LogP contribution in [0.5, 0.6) is 0 Å². The van der Waals surface area contributed by atoms with Gasteiger partial charge in [0.05, 0.1) is 0 Å². The van der Waals surface area contributed by atoms with E-state index in [0.29, 0.717) is 23.5 Å². The van der Waals surface area contributed by atoms with Crippen molar-refractivity contribution in [3.05, 3.63) is 0 Å². The van der Waals surface area contributed by atoms with Gasteiger partial charge in [0.1, 0.15) is 6.67 Å². The van der Waals surface area contributed by atoms with Gasteiger partial charge in [-0.2, -0.15) is 0 Å². The number of hydrogen-bond acceptors (Lipinski definition) is 1. The maximum atomic E-state index is 12.2. The maximum Gasteiger partial charge on any atom is 0.102 e. The summed E-state index contributed by atoms with van der Waals surface area (Å²) in [5, 5.41) is 0. The molecule has 2 bridgehead atoms. The fraction of sp³-hybridized carbons (Fsp3) is 1.00. The highest BCUT2D eigenvalue weighted by Gasteiger charge is 2.39. The Morgan fingerprint density at radius 2 is 1.83 bits per heavy atom. The largest absolute Gasteiger partial charge is 0.295 e. The van der Waals surface area contributed by atoms with Gasteiger partial charge in [-0.25, -0.2) is 4.39 Å². The molecule has 2 heterocycles. The van der Waals surface area contributed by atoms with Crippen molar-refractivity contribution < 1.29 is 4.39 Å². The predicted molar refractivity (Wildman–Crippen MR) is 51.4 cm³/mol. The van der Waals surface area contributed by atoms with Crippen molar-refractivity contribution in [1.29, 1.82) is 0 Å². The van der Waals surface area contributed by atoms with Crippen LogP contribution in [0, 0.1) is 0 Å². The number of nitrogens with zero attached hydrogens (tertiary/aromatic N) is 1. The summed E-state index contributed by atoms with van der Waals surface area (Å²) >= 11 is 3.67. The zero-order chi connectivity index (χ0) is 8.55. The zero-order valence-corrected chi connectivity index (χ0v) is 8.76. The highest BCUT2D eigenvalue weighted by Crippen LogP contribution is 2.37. The van der Waals surface area contributed by atoms with Crippen molar-refractivity contribution in [2.75, 3.05) is 13.2 Å². The second-order valence-corrected chi connectivity index (χ2v) is 5.18. The molecule has 2 atom stereocenters. The highest BCUT2D eigenvalue weighted by atomic mass is 79.9. The van der Waals surface area contributed by atoms with Gasteiger partial charge in [0.2, 0.25) is 0 Å². The van der Waals surface area contributed by atoms with E-state index in [2.05, 4.69) is 20.8 Å². The second kappa shape index (κ2) is 3.62. The minimum absolute atomic E-state index is 0.181. The number of halogens is 2. The Kier molecular flexibility index (Phi) is 2.70. The summed E-state index contributed by atoms with van der Waals surface area (Å²) < 4.78 is 12.2. The van der Waals surface area contributed by atoms with E-state index < -0.39 is 0 Å². The summed E-state index contributed by atoms with van der Waals surface area (Å²) in [6, 6.07) is 1.34. The lowest BCUT2D eigenvalue weighted by molar-refractivity contribution is 0.135. The van der Waals surface area contributed by atoms with Crippen molar-refractivity contribution in [3.8, 4) is 0 Å². The Balaban J connectivity index is 1.99. The van der Waals surface area contributed by atoms with Gasteiger partial charge in [0.15, 0.2) is 0 Å². The van der Waals surface area contributed by atoms with E-state index in [4.69, 9.17) is 0 Å². The molecule has 0 aromatic heterocycles. The van der Waals surface area contributed by atoms with Crippen LogP contribution in [0.2, 0.25) is 0 Å². The van der Waals surface area contributed by atoms with E-state index in [1.165, 1.54) is 25.7 Å². The summed E-state index contributed by atoms with van der Waals surface area (Å²) in [5.74, 6) is 0. The quantitative estimate of drug-likeness (QED) is 0.665. The average molecular weight is 236 g/mol. The third-order valence-corrected chi connectivity index (χ3v) is 3.92. The molecule has 0 N–H and O–H groups in total. The molecule has 2 aliphatic heterocycles. The molecule has 0 spiro atoms. The molecule has 2 saturated heterocycles. The molecule has 0 aliphatic carbocycles. The zero-order valence-electron chi connectivity index (χ0n) is 7.18. The third-order valence-electron chi connectivity index (χ3n) is 3.17. The summed E-state index contributed by atoms with van der Waals surface area (Å²) in [7, 11) is 0. The molecular weight excluding hydrogens is 221 g/mol. The Labute approximate surface area is 81.4 Å². The van der Waals surface area contributed by atoms with Gasteiger partial charge in [0.25, 0.3) is 0 Å². The van der Waals surface area contributed by atoms with Crippen molar-refractivity contribution in [1.82, 2.24) is 4.90 Å². The van der Waals surface area contributed by atoms with Gasteiger partial charge in [-0.3, -0.25) is 4.90 Å². The Bertz CT molecular complexity index is 151. The molecule has 3 heteroatoms. The topological polar surface area (TPSA) is 3.24 Å². The van der Waals surface area contributed by atoms with Crippen LogP contribution in [0.4, 0.5) is 4.39 Å². The molecule has 2 aliphatic rings. The van der Waals surface area contributed by atoms with Crippen LogP contribution in [-0.4, -0.2) is 35.0 Å². The average Bonchev–Trinajstić information content (AvgIpc) is 2.32. The lowest BCUT2D eigenvalue weighted by atomic mass is 10.0. The van der Waals surface area contributed by atoms with Gasteiger partial charge >= 0.3 is 0 Å². The first kappa shape index (κ1) is 8.95. The molecular formula is C9H15BrFN. The molecule has 2 unspecified atom stereocenters. The van der Waals surface area contributed by atoms with E-state index in [9.17, 15) is 4.39 Å². The van der Waals surface area contributed by atoms with E-state index in [0.717, 1.165) is 0 Å². The number of alkyl halides is 2. The third kappa shape index (κ3) is 1.53. The summed E-state index contributed by atoms with van der Waals surface area (Å²) in [4.78, 5) is 3.06. The van der Waals surface area contributed by atoms with Crippen molar-refractivity contribution >= 4 is 15.9 Å². The molecule has 2 rings (SSSR count). The maximum absolute atomic E-state index is 12.2. The Morgan fingerprint density at radius 1 is 1.25 bits per heavy atom. The number of fused-ring (bicyclic) bond motifs is 2. The van der Waals surface area contributed by atoms with Gasteiger partial charge in [-0.1, -0.05) is 15.9 Å². The first-order chi connectivity index (χ1) is 5.81. The predicted octanol–water partition coefficient (Wildman–Crippen LogP) is 2.35. The highest BCUT2D eigenvalue weighted by molar-refractivity contribution is 9.09. The molecule has 0 radical (unpaired) electrons. The SMILES string of the molecule is FCCN1C2CCC1CC(Br)C2. The van der Waals surface area contributed by atoms with E-state index in [-0.39, 0.29) is 6.67 Å². The standard InChI is InChI=1S/C9H15BrFN/c10-7-5-8-1-2-9(6-7)12(8)4-3-11/h7-9H,1-6H2. The monoisotopic (exact) mass is 235 g/mol. The summed E-state index contributed by atoms with van der Waals surface area (Å²) in [6.45, 7) is 0.481. The van der Waals surface area contributed by atoms with E-state index in [1.807, 2.05) is 0 Å². The fourth-order valence-corrected chi connectivity index (χ4v) is 3.53. The van der Waals surface area contributed by atoms with Crippen molar-refractivity contribution in [2.45, 2.75) is 42.6 Å². The van der Waals surface area contributed by atoms with Crippen LogP contribution in [0.3, 0.4) is 0 Å². The van der Waals surface area contributed by atoms with Crippen LogP contribution in [0.25, 0.3) is 0 Å². The molecule has 2 fully saturated rings. The van der Waals surface area contributed by atoms with Gasteiger partial charge in [-0.05, 0) is 25.7 Å². The molecule has 1 nitrogen and oxygen atoms in total. The van der Waals surface area contributed by atoms with Gasteiger partial charge in [0, 0.05) is 23.5 Å². The van der Waals surface area contributed by atoms with Crippen LogP contribution in [0.15, 0.2) is 0 Å². The molecule has 0 saturated carbocycles. The molecule has 0 aromatic rings. The first-order valence-electron chi connectivity index (χ1n) is 4.77. The van der Waals surface area contributed by atoms with E-state index >= 15 is 0 Å². The van der Waals surface area contributed by atoms with Gasteiger partial charge < -0.3 is 0 Å². The molecule has 70 valence electrons. The van der Waals surface area contributed by atoms with Crippen molar-refractivity contribution in [2.24, 2.45) is 0 Å². The Hall–Kier alpha value is 0.370. The number of rotatable bonds is 2. The second-order valence-electron chi connectivity index (χ2n) is 3.88. The molecule has 0 amide bonds. The summed E-state index contributed by atoms with van der Waals surface area (Å²) in [5.41, 5.74) is 0. The van der Waals surface area contributed by atoms with Crippen LogP contribution in [-0.2, 0) is 0 Å². The number of piperidine rings is 1. The first-order valence-corrected chi connectivity index (χ1v) is 5.68. The number of hydrogen-bond donors (Lipinski definition) is 0. The molecule has 0 aromatic carbocycles. The van der Waals surface area contributed by atoms with Crippen LogP contribution >= 0.6 is 15.9 Å². The lowest BCUT2D eigenvalue weighted by Gasteiger charge is -2.36. The molecule has 12 heavy (non-hydrogen) atoms.